The summed E-state index contributed by atoms with van der Waals surface area (Å²) in [6.45, 7) is 2.72. The molecule has 0 unspecified atom stereocenters. The van der Waals surface area contributed by atoms with Crippen molar-refractivity contribution in [2.45, 2.75) is 0 Å². The molecule has 6 heteroatoms. The van der Waals surface area contributed by atoms with Gasteiger partial charge in [-0.05, 0) is 7.05 Å². The van der Waals surface area contributed by atoms with Gasteiger partial charge < -0.3 is 15.0 Å². The van der Waals surface area contributed by atoms with Crippen LogP contribution in [-0.2, 0) is 4.74 Å². The van der Waals surface area contributed by atoms with E-state index in [4.69, 9.17) is 4.74 Å². The quantitative estimate of drug-likeness (QED) is 0.787. The minimum Gasteiger partial charge on any atom is -0.383 e. The minimum atomic E-state index is -0.676. The van der Waals surface area contributed by atoms with Crippen molar-refractivity contribution in [3.8, 4) is 0 Å². The van der Waals surface area contributed by atoms with Crippen LogP contribution < -0.4 is 5.32 Å². The predicted octanol–water partition coefficient (Wildman–Crippen LogP) is 1.35. The van der Waals surface area contributed by atoms with Crippen molar-refractivity contribution in [1.82, 2.24) is 9.88 Å². The van der Waals surface area contributed by atoms with Crippen LogP contribution in [0.2, 0.25) is 0 Å². The van der Waals surface area contributed by atoms with Crippen LogP contribution in [0, 0.1) is 11.6 Å². The van der Waals surface area contributed by atoms with Crippen molar-refractivity contribution in [2.75, 3.05) is 45.7 Å². The summed E-state index contributed by atoms with van der Waals surface area (Å²) in [4.78, 5) is 5.67. The van der Waals surface area contributed by atoms with Gasteiger partial charge in [-0.25, -0.2) is 13.8 Å². The molecule has 0 aromatic carbocycles. The van der Waals surface area contributed by atoms with Crippen LogP contribution in [0.15, 0.2) is 12.3 Å². The number of nitrogens with zero attached hydrogens (tertiary/aromatic N) is 2. The average Bonchev–Trinajstić information content (AvgIpc) is 2.29. The van der Waals surface area contributed by atoms with Crippen LogP contribution in [0.5, 0.6) is 0 Å². The number of ether oxygens (including phenoxy) is 1. The van der Waals surface area contributed by atoms with Gasteiger partial charge in [0.1, 0.15) is 5.82 Å². The largest absolute Gasteiger partial charge is 0.383 e. The highest BCUT2D eigenvalue weighted by atomic mass is 19.1. The van der Waals surface area contributed by atoms with E-state index in [0.717, 1.165) is 25.4 Å². The van der Waals surface area contributed by atoms with Gasteiger partial charge in [0.2, 0.25) is 0 Å². The van der Waals surface area contributed by atoms with E-state index in [2.05, 4.69) is 10.3 Å². The smallest absolute Gasteiger partial charge is 0.168 e. The molecule has 1 aromatic heterocycles. The maximum atomic E-state index is 13.2. The number of methoxy groups -OCH3 is 1. The van der Waals surface area contributed by atoms with Crippen molar-refractivity contribution in [2.24, 2.45) is 0 Å². The third kappa shape index (κ3) is 5.06. The molecule has 0 spiro atoms. The fourth-order valence-electron chi connectivity index (χ4n) is 1.27. The first-order chi connectivity index (χ1) is 8.13. The lowest BCUT2D eigenvalue weighted by atomic mass is 10.4. The first kappa shape index (κ1) is 13.8. The molecule has 1 heterocycles. The second-order valence-electron chi connectivity index (χ2n) is 3.71. The Morgan fingerprint density at radius 1 is 1.41 bits per heavy atom. The summed E-state index contributed by atoms with van der Waals surface area (Å²) in [6, 6.07) is 0.809. The molecule has 0 saturated carbocycles. The fourth-order valence-corrected chi connectivity index (χ4v) is 1.27. The van der Waals surface area contributed by atoms with Gasteiger partial charge in [0.05, 0.1) is 12.8 Å². The van der Waals surface area contributed by atoms with Crippen molar-refractivity contribution < 1.29 is 13.5 Å². The van der Waals surface area contributed by atoms with Gasteiger partial charge in [-0.1, -0.05) is 0 Å². The topological polar surface area (TPSA) is 37.4 Å². The highest BCUT2D eigenvalue weighted by molar-refractivity contribution is 5.35. The molecule has 17 heavy (non-hydrogen) atoms. The SMILES string of the molecule is COCCN(C)CCNc1ncc(F)cc1F. The Morgan fingerprint density at radius 3 is 2.82 bits per heavy atom. The number of nitrogens with one attached hydrogen (secondary N) is 1. The molecule has 1 aromatic rings. The van der Waals surface area contributed by atoms with Gasteiger partial charge in [0, 0.05) is 32.8 Å². The van der Waals surface area contributed by atoms with Crippen molar-refractivity contribution >= 4 is 5.82 Å². The van der Waals surface area contributed by atoms with Crippen LogP contribution in [0.25, 0.3) is 0 Å². The zero-order valence-electron chi connectivity index (χ0n) is 10.0. The van der Waals surface area contributed by atoms with Gasteiger partial charge in [0.25, 0.3) is 0 Å². The van der Waals surface area contributed by atoms with E-state index in [1.807, 2.05) is 11.9 Å². The zero-order valence-corrected chi connectivity index (χ0v) is 10.0. The monoisotopic (exact) mass is 245 g/mol. The van der Waals surface area contributed by atoms with E-state index < -0.39 is 11.6 Å². The van der Waals surface area contributed by atoms with E-state index in [-0.39, 0.29) is 5.82 Å². The highest BCUT2D eigenvalue weighted by Crippen LogP contribution is 2.10. The molecular weight excluding hydrogens is 228 g/mol. The third-order valence-corrected chi connectivity index (χ3v) is 2.27. The molecule has 0 aliphatic heterocycles. The van der Waals surface area contributed by atoms with Crippen molar-refractivity contribution in [3.05, 3.63) is 23.9 Å². The van der Waals surface area contributed by atoms with E-state index in [9.17, 15) is 8.78 Å². The molecule has 0 aliphatic rings. The normalized spacial score (nSPS) is 10.9. The Morgan fingerprint density at radius 2 is 2.18 bits per heavy atom. The second-order valence-corrected chi connectivity index (χ2v) is 3.71. The third-order valence-electron chi connectivity index (χ3n) is 2.27. The molecule has 0 fully saturated rings. The fraction of sp³-hybridized carbons (Fsp3) is 0.545. The lowest BCUT2D eigenvalue weighted by Gasteiger charge is -2.16. The molecule has 1 rings (SSSR count). The summed E-state index contributed by atoms with van der Waals surface area (Å²) in [5.74, 6) is -1.28. The van der Waals surface area contributed by atoms with Crippen LogP contribution >= 0.6 is 0 Å². The minimum absolute atomic E-state index is 0.0755. The molecular formula is C11H17F2N3O. The van der Waals surface area contributed by atoms with Gasteiger partial charge in [0.15, 0.2) is 11.6 Å². The number of anilines is 1. The number of aromatic nitrogens is 1. The molecule has 1 N–H and O–H groups in total. The molecule has 0 atom stereocenters. The summed E-state index contributed by atoms with van der Waals surface area (Å²) in [5, 5.41) is 2.81. The van der Waals surface area contributed by atoms with Crippen LogP contribution in [-0.4, -0.2) is 50.3 Å². The molecule has 4 nitrogen and oxygen atoms in total. The molecule has 0 bridgehead atoms. The molecule has 0 aliphatic carbocycles. The Balaban J connectivity index is 2.30. The van der Waals surface area contributed by atoms with E-state index >= 15 is 0 Å². The number of hydrogen-bond donors (Lipinski definition) is 1. The Hall–Kier alpha value is -1.27. The first-order valence-corrected chi connectivity index (χ1v) is 5.36. The van der Waals surface area contributed by atoms with Crippen molar-refractivity contribution in [3.63, 3.8) is 0 Å². The summed E-state index contributed by atoms with van der Waals surface area (Å²) < 4.78 is 30.7. The van der Waals surface area contributed by atoms with E-state index in [1.165, 1.54) is 0 Å². The summed E-state index contributed by atoms with van der Waals surface area (Å²) >= 11 is 0. The van der Waals surface area contributed by atoms with Gasteiger partial charge in [-0.3, -0.25) is 0 Å². The molecule has 96 valence electrons. The van der Waals surface area contributed by atoms with Gasteiger partial charge in [-0.2, -0.15) is 0 Å². The maximum Gasteiger partial charge on any atom is 0.168 e. The predicted molar refractivity (Wildman–Crippen MR) is 62.0 cm³/mol. The van der Waals surface area contributed by atoms with Gasteiger partial charge >= 0.3 is 0 Å². The average molecular weight is 245 g/mol. The maximum absolute atomic E-state index is 13.2. The summed E-state index contributed by atoms with van der Waals surface area (Å²) in [7, 11) is 3.58. The number of pyridine rings is 1. The van der Waals surface area contributed by atoms with Crippen LogP contribution in [0.3, 0.4) is 0 Å². The zero-order chi connectivity index (χ0) is 12.7. The van der Waals surface area contributed by atoms with E-state index in [1.54, 1.807) is 7.11 Å². The van der Waals surface area contributed by atoms with Gasteiger partial charge in [-0.15, -0.1) is 0 Å². The lowest BCUT2D eigenvalue weighted by Crippen LogP contribution is -2.28. The second kappa shape index (κ2) is 7.13. The van der Waals surface area contributed by atoms with Crippen molar-refractivity contribution in [1.29, 1.82) is 0 Å². The number of likely N-dealkylation sites (N-methyl/N-ethyl adjacent to an activating group) is 1. The Bertz CT molecular complexity index is 349. The first-order valence-electron chi connectivity index (χ1n) is 5.36. The Labute approximate surface area is 99.6 Å². The Kier molecular flexibility index (Phi) is 5.79. The highest BCUT2D eigenvalue weighted by Gasteiger charge is 2.05. The summed E-state index contributed by atoms with van der Waals surface area (Å²) in [5.41, 5.74) is 0. The van der Waals surface area contributed by atoms with E-state index in [0.29, 0.717) is 13.2 Å². The van der Waals surface area contributed by atoms with Crippen LogP contribution in [0.1, 0.15) is 0 Å². The molecule has 0 amide bonds. The number of hydrogen-bond acceptors (Lipinski definition) is 4. The molecule has 0 radical (unpaired) electrons. The lowest BCUT2D eigenvalue weighted by molar-refractivity contribution is 0.163. The number of rotatable bonds is 7. The number of halogens is 2. The molecule has 0 saturated heterocycles. The standard InChI is InChI=1S/C11H17F2N3O/c1-16(5-6-17-2)4-3-14-11-10(13)7-9(12)8-15-11/h7-8H,3-6H2,1-2H3,(H,14,15). The van der Waals surface area contributed by atoms with Crippen LogP contribution in [0.4, 0.5) is 14.6 Å². The summed E-state index contributed by atoms with van der Waals surface area (Å²) in [6.07, 6.45) is 0.986.